The van der Waals surface area contributed by atoms with Crippen LogP contribution in [-0.4, -0.2) is 25.8 Å². The van der Waals surface area contributed by atoms with Crippen molar-refractivity contribution in [1.82, 2.24) is 14.8 Å². The second kappa shape index (κ2) is 4.38. The minimum Gasteiger partial charge on any atom is -0.477 e. The summed E-state index contributed by atoms with van der Waals surface area (Å²) in [5.74, 6) is -1.03. The predicted octanol–water partition coefficient (Wildman–Crippen LogP) is 3.23. The summed E-state index contributed by atoms with van der Waals surface area (Å²) in [5.41, 5.74) is 3.47. The van der Waals surface area contributed by atoms with Crippen LogP contribution in [0.3, 0.4) is 0 Å². The summed E-state index contributed by atoms with van der Waals surface area (Å²) in [6, 6.07) is 7.20. The molecule has 0 saturated heterocycles. The lowest BCUT2D eigenvalue weighted by atomic mass is 10.1. The van der Waals surface area contributed by atoms with E-state index in [9.17, 15) is 4.79 Å². The van der Waals surface area contributed by atoms with Crippen LogP contribution in [-0.2, 0) is 7.05 Å². The minimum absolute atomic E-state index is 0.0588. The molecule has 0 unspecified atom stereocenters. The molecule has 5 nitrogen and oxygen atoms in total. The fourth-order valence-electron chi connectivity index (χ4n) is 2.44. The molecule has 1 aromatic carbocycles. The van der Waals surface area contributed by atoms with Gasteiger partial charge in [0.15, 0.2) is 0 Å². The number of benzene rings is 1. The molecule has 3 aromatic rings. The SMILES string of the molecule is Cc1c(-c2cc(C(=O)O)[nH]n2)c2c(Cl)cccc2n1C. The van der Waals surface area contributed by atoms with E-state index in [0.29, 0.717) is 10.7 Å². The molecule has 20 heavy (non-hydrogen) atoms. The van der Waals surface area contributed by atoms with Gasteiger partial charge in [0.1, 0.15) is 5.69 Å². The van der Waals surface area contributed by atoms with Crippen LogP contribution in [0.1, 0.15) is 16.2 Å². The smallest absolute Gasteiger partial charge is 0.353 e. The Labute approximate surface area is 119 Å². The van der Waals surface area contributed by atoms with Crippen molar-refractivity contribution in [2.75, 3.05) is 0 Å². The summed E-state index contributed by atoms with van der Waals surface area (Å²) in [6.07, 6.45) is 0. The molecule has 0 spiro atoms. The number of aromatic carboxylic acids is 1. The number of H-pyrrole nitrogens is 1. The van der Waals surface area contributed by atoms with Crippen LogP contribution in [0.25, 0.3) is 22.2 Å². The molecule has 2 aromatic heterocycles. The zero-order valence-electron chi connectivity index (χ0n) is 10.9. The lowest BCUT2D eigenvalue weighted by molar-refractivity contribution is 0.0690. The third-order valence-corrected chi connectivity index (χ3v) is 3.85. The third-order valence-electron chi connectivity index (χ3n) is 3.53. The Morgan fingerprint density at radius 3 is 2.85 bits per heavy atom. The molecule has 0 saturated carbocycles. The molecule has 0 fully saturated rings. The molecule has 0 aliphatic rings. The molecule has 0 aliphatic heterocycles. The molecule has 2 N–H and O–H groups in total. The van der Waals surface area contributed by atoms with Gasteiger partial charge in [0.25, 0.3) is 0 Å². The number of nitrogens with one attached hydrogen (secondary N) is 1. The third kappa shape index (κ3) is 1.71. The Bertz CT molecular complexity index is 832. The van der Waals surface area contributed by atoms with Crippen molar-refractivity contribution < 1.29 is 9.90 Å². The summed E-state index contributed by atoms with van der Waals surface area (Å²) in [7, 11) is 1.95. The molecule has 0 radical (unpaired) electrons. The van der Waals surface area contributed by atoms with Crippen LogP contribution in [0.5, 0.6) is 0 Å². The Balaban J connectivity index is 2.35. The number of rotatable bonds is 2. The van der Waals surface area contributed by atoms with Gasteiger partial charge >= 0.3 is 5.97 Å². The van der Waals surface area contributed by atoms with Gasteiger partial charge in [0.2, 0.25) is 0 Å². The van der Waals surface area contributed by atoms with Gasteiger partial charge in [-0.25, -0.2) is 4.79 Å². The van der Waals surface area contributed by atoms with Crippen LogP contribution in [0.2, 0.25) is 5.02 Å². The van der Waals surface area contributed by atoms with Crippen molar-refractivity contribution in [3.8, 4) is 11.3 Å². The Kier molecular flexibility index (Phi) is 2.79. The highest BCUT2D eigenvalue weighted by molar-refractivity contribution is 6.36. The molecular formula is C14H12ClN3O2. The van der Waals surface area contributed by atoms with Crippen molar-refractivity contribution in [1.29, 1.82) is 0 Å². The molecule has 0 amide bonds. The van der Waals surface area contributed by atoms with Gasteiger partial charge in [-0.1, -0.05) is 17.7 Å². The molecule has 0 bridgehead atoms. The number of nitrogens with zero attached hydrogens (tertiary/aromatic N) is 2. The number of halogens is 1. The second-order valence-electron chi connectivity index (χ2n) is 4.63. The number of hydrogen-bond acceptors (Lipinski definition) is 2. The van der Waals surface area contributed by atoms with Crippen molar-refractivity contribution >= 4 is 28.5 Å². The average Bonchev–Trinajstić information content (AvgIpc) is 2.97. The highest BCUT2D eigenvalue weighted by Crippen LogP contribution is 2.37. The van der Waals surface area contributed by atoms with Crippen LogP contribution in [0.15, 0.2) is 24.3 Å². The van der Waals surface area contributed by atoms with Crippen molar-refractivity contribution in [3.63, 3.8) is 0 Å². The lowest BCUT2D eigenvalue weighted by Gasteiger charge is -1.98. The molecule has 0 atom stereocenters. The summed E-state index contributed by atoms with van der Waals surface area (Å²) >= 11 is 6.30. The van der Waals surface area contributed by atoms with Crippen molar-refractivity contribution in [2.45, 2.75) is 6.92 Å². The number of carboxylic acid groups (broad SMARTS) is 1. The van der Waals surface area contributed by atoms with Crippen molar-refractivity contribution in [3.05, 3.63) is 40.7 Å². The zero-order chi connectivity index (χ0) is 14.4. The number of fused-ring (bicyclic) bond motifs is 1. The molecular weight excluding hydrogens is 278 g/mol. The first-order valence-corrected chi connectivity index (χ1v) is 6.41. The molecule has 3 rings (SSSR count). The first-order valence-electron chi connectivity index (χ1n) is 6.03. The van der Waals surface area contributed by atoms with Gasteiger partial charge in [0, 0.05) is 23.7 Å². The van der Waals surface area contributed by atoms with E-state index in [4.69, 9.17) is 16.7 Å². The van der Waals surface area contributed by atoms with Gasteiger partial charge in [-0.2, -0.15) is 5.10 Å². The molecule has 102 valence electrons. The van der Waals surface area contributed by atoms with E-state index >= 15 is 0 Å². The number of carbonyl (C=O) groups is 1. The maximum atomic E-state index is 11.0. The summed E-state index contributed by atoms with van der Waals surface area (Å²) in [5, 5.41) is 17.1. The Morgan fingerprint density at radius 2 is 2.20 bits per heavy atom. The molecule has 0 aliphatic carbocycles. The van der Waals surface area contributed by atoms with Gasteiger partial charge in [-0.05, 0) is 25.1 Å². The maximum Gasteiger partial charge on any atom is 0.353 e. The quantitative estimate of drug-likeness (QED) is 0.761. The van der Waals surface area contributed by atoms with Crippen LogP contribution < -0.4 is 0 Å². The highest BCUT2D eigenvalue weighted by Gasteiger charge is 2.19. The standard InChI is InChI=1S/C14H12ClN3O2/c1-7-12(9-6-10(14(19)20)17-16-9)13-8(15)4-3-5-11(13)18(7)2/h3-6H,1-2H3,(H,16,17)(H,19,20). The van der Waals surface area contributed by atoms with E-state index in [0.717, 1.165) is 22.2 Å². The Hall–Kier alpha value is -2.27. The van der Waals surface area contributed by atoms with Gasteiger partial charge < -0.3 is 9.67 Å². The van der Waals surface area contributed by atoms with Crippen LogP contribution >= 0.6 is 11.6 Å². The first-order chi connectivity index (χ1) is 9.50. The van der Waals surface area contributed by atoms with Gasteiger partial charge in [0.05, 0.1) is 16.2 Å². The highest BCUT2D eigenvalue weighted by atomic mass is 35.5. The number of aromatic nitrogens is 3. The Morgan fingerprint density at radius 1 is 1.45 bits per heavy atom. The van der Waals surface area contributed by atoms with E-state index in [2.05, 4.69) is 10.2 Å². The van der Waals surface area contributed by atoms with Gasteiger partial charge in [-0.15, -0.1) is 0 Å². The normalized spacial score (nSPS) is 11.2. The molecule has 2 heterocycles. The number of aryl methyl sites for hydroxylation is 1. The van der Waals surface area contributed by atoms with E-state index in [1.165, 1.54) is 6.07 Å². The van der Waals surface area contributed by atoms with Crippen LogP contribution in [0, 0.1) is 6.92 Å². The van der Waals surface area contributed by atoms with Gasteiger partial charge in [-0.3, -0.25) is 5.10 Å². The predicted molar refractivity (Wildman–Crippen MR) is 77.2 cm³/mol. The van der Waals surface area contributed by atoms with E-state index in [1.54, 1.807) is 0 Å². The van der Waals surface area contributed by atoms with E-state index < -0.39 is 5.97 Å². The average molecular weight is 290 g/mol. The lowest BCUT2D eigenvalue weighted by Crippen LogP contribution is -1.95. The topological polar surface area (TPSA) is 70.9 Å². The zero-order valence-corrected chi connectivity index (χ0v) is 11.7. The minimum atomic E-state index is -1.03. The fraction of sp³-hybridized carbons (Fsp3) is 0.143. The summed E-state index contributed by atoms with van der Waals surface area (Å²) < 4.78 is 2.02. The maximum absolute atomic E-state index is 11.0. The molecule has 6 heteroatoms. The largest absolute Gasteiger partial charge is 0.477 e. The van der Waals surface area contributed by atoms with Crippen molar-refractivity contribution in [2.24, 2.45) is 7.05 Å². The van der Waals surface area contributed by atoms with Crippen LogP contribution in [0.4, 0.5) is 0 Å². The van der Waals surface area contributed by atoms with E-state index in [1.807, 2.05) is 36.7 Å². The fourth-order valence-corrected chi connectivity index (χ4v) is 2.71. The second-order valence-corrected chi connectivity index (χ2v) is 5.03. The van der Waals surface area contributed by atoms with E-state index in [-0.39, 0.29) is 5.69 Å². The number of aromatic amines is 1. The first kappa shape index (κ1) is 12.7. The number of carboxylic acids is 1. The monoisotopic (exact) mass is 289 g/mol. The summed E-state index contributed by atoms with van der Waals surface area (Å²) in [4.78, 5) is 11.0. The summed E-state index contributed by atoms with van der Waals surface area (Å²) in [6.45, 7) is 1.96. The number of hydrogen-bond donors (Lipinski definition) is 2.